The van der Waals surface area contributed by atoms with E-state index in [-0.39, 0.29) is 0 Å². The van der Waals surface area contributed by atoms with Gasteiger partial charge in [-0.1, -0.05) is 12.2 Å². The first-order valence-electron chi connectivity index (χ1n) is 5.85. The van der Waals surface area contributed by atoms with Crippen molar-refractivity contribution >= 4 is 5.82 Å². The van der Waals surface area contributed by atoms with Gasteiger partial charge in [0.2, 0.25) is 5.88 Å². The number of ether oxygens (including phenoxy) is 1. The Morgan fingerprint density at radius 3 is 2.82 bits per heavy atom. The number of anilines is 1. The van der Waals surface area contributed by atoms with Crippen molar-refractivity contribution in [1.82, 2.24) is 9.97 Å². The van der Waals surface area contributed by atoms with Gasteiger partial charge in [-0.05, 0) is 26.7 Å². The Kier molecular flexibility index (Phi) is 3.58. The molecule has 0 spiro atoms. The summed E-state index contributed by atoms with van der Waals surface area (Å²) in [6.07, 6.45) is 6.19. The summed E-state index contributed by atoms with van der Waals surface area (Å²) in [4.78, 5) is 8.85. The second-order valence-electron chi connectivity index (χ2n) is 4.16. The molecule has 0 saturated heterocycles. The first-order chi connectivity index (χ1) is 8.26. The Labute approximate surface area is 101 Å². The number of allylic oxidation sites excluding steroid dienone is 1. The van der Waals surface area contributed by atoms with Crippen LogP contribution in [0, 0.1) is 6.92 Å². The van der Waals surface area contributed by atoms with Gasteiger partial charge in [0.05, 0.1) is 5.56 Å². The first kappa shape index (κ1) is 11.9. The van der Waals surface area contributed by atoms with Crippen LogP contribution in [0.1, 0.15) is 37.1 Å². The van der Waals surface area contributed by atoms with Crippen molar-refractivity contribution in [1.29, 1.82) is 0 Å². The number of nitrogens with zero attached hydrogens (tertiary/aromatic N) is 2. The molecule has 0 amide bonds. The minimum atomic E-state index is 0.478. The highest BCUT2D eigenvalue weighted by molar-refractivity contribution is 5.48. The molecule has 1 aromatic heterocycles. The van der Waals surface area contributed by atoms with Crippen LogP contribution in [0.15, 0.2) is 12.2 Å². The van der Waals surface area contributed by atoms with Crippen LogP contribution in [0.5, 0.6) is 5.88 Å². The molecule has 0 radical (unpaired) electrons. The number of nitrogens with two attached hydrogens (primary N) is 1. The van der Waals surface area contributed by atoms with E-state index < -0.39 is 0 Å². The van der Waals surface area contributed by atoms with Crippen LogP contribution in [0.2, 0.25) is 0 Å². The van der Waals surface area contributed by atoms with E-state index in [2.05, 4.69) is 15.4 Å². The number of hydrogen-bond donors (Lipinski definition) is 2. The topological polar surface area (TPSA) is 73.1 Å². The third-order valence-electron chi connectivity index (χ3n) is 2.75. The zero-order valence-electron chi connectivity index (χ0n) is 10.2. The lowest BCUT2D eigenvalue weighted by molar-refractivity contribution is 0.343. The van der Waals surface area contributed by atoms with Gasteiger partial charge in [-0.2, -0.15) is 4.98 Å². The van der Waals surface area contributed by atoms with Crippen LogP contribution >= 0.6 is 0 Å². The molecule has 0 bridgehead atoms. The molecule has 5 heteroatoms. The Hall–Kier alpha value is -1.62. The van der Waals surface area contributed by atoms with Crippen LogP contribution in [-0.4, -0.2) is 16.6 Å². The molecule has 1 aliphatic rings. The molecular weight excluding hydrogens is 216 g/mol. The summed E-state index contributed by atoms with van der Waals surface area (Å²) in [5.74, 6) is 8.03. The number of hydrogen-bond acceptors (Lipinski definition) is 5. The van der Waals surface area contributed by atoms with Gasteiger partial charge in [-0.3, -0.25) is 0 Å². The molecule has 1 saturated carbocycles. The summed E-state index contributed by atoms with van der Waals surface area (Å²) in [7, 11) is 0. The summed E-state index contributed by atoms with van der Waals surface area (Å²) in [5, 5.41) is 0. The molecule has 0 aliphatic heterocycles. The molecule has 1 aliphatic carbocycles. The Bertz CT molecular complexity index is 427. The fourth-order valence-corrected chi connectivity index (χ4v) is 1.54. The maximum atomic E-state index is 5.60. The SMILES string of the molecule is C/C=C/COc1nc(C2CC2)nc(NN)c1C. The predicted molar refractivity (Wildman–Crippen MR) is 66.9 cm³/mol. The Balaban J connectivity index is 2.24. The van der Waals surface area contributed by atoms with Crippen LogP contribution < -0.4 is 16.0 Å². The third-order valence-corrected chi connectivity index (χ3v) is 2.75. The molecule has 17 heavy (non-hydrogen) atoms. The fraction of sp³-hybridized carbons (Fsp3) is 0.500. The van der Waals surface area contributed by atoms with E-state index in [1.54, 1.807) is 0 Å². The summed E-state index contributed by atoms with van der Waals surface area (Å²) in [6.45, 7) is 4.37. The Morgan fingerprint density at radius 2 is 2.24 bits per heavy atom. The maximum absolute atomic E-state index is 5.60. The lowest BCUT2D eigenvalue weighted by Gasteiger charge is -2.11. The second-order valence-corrected chi connectivity index (χ2v) is 4.16. The average Bonchev–Trinajstić information content (AvgIpc) is 3.15. The van der Waals surface area contributed by atoms with Crippen LogP contribution in [0.3, 0.4) is 0 Å². The van der Waals surface area contributed by atoms with Crippen LogP contribution in [0.4, 0.5) is 5.82 Å². The van der Waals surface area contributed by atoms with Gasteiger partial charge in [0.15, 0.2) is 0 Å². The molecule has 1 fully saturated rings. The molecule has 0 atom stereocenters. The van der Waals surface area contributed by atoms with Crippen LogP contribution in [0.25, 0.3) is 0 Å². The van der Waals surface area contributed by atoms with E-state index in [0.29, 0.717) is 24.2 Å². The number of hydrazine groups is 1. The van der Waals surface area contributed by atoms with E-state index in [0.717, 1.165) is 24.2 Å². The van der Waals surface area contributed by atoms with Gasteiger partial charge in [0.25, 0.3) is 0 Å². The average molecular weight is 234 g/mol. The van der Waals surface area contributed by atoms with Gasteiger partial charge < -0.3 is 10.2 Å². The lowest BCUT2D eigenvalue weighted by atomic mass is 10.3. The van der Waals surface area contributed by atoms with Crippen molar-refractivity contribution in [3.05, 3.63) is 23.5 Å². The van der Waals surface area contributed by atoms with Gasteiger partial charge in [-0.15, -0.1) is 0 Å². The molecule has 1 aromatic rings. The zero-order chi connectivity index (χ0) is 12.3. The molecule has 5 nitrogen and oxygen atoms in total. The summed E-state index contributed by atoms with van der Waals surface area (Å²) < 4.78 is 5.60. The highest BCUT2D eigenvalue weighted by Crippen LogP contribution is 2.39. The van der Waals surface area contributed by atoms with Crippen LogP contribution in [-0.2, 0) is 0 Å². The molecule has 2 rings (SSSR count). The predicted octanol–water partition coefficient (Wildman–Crippen LogP) is 1.90. The summed E-state index contributed by atoms with van der Waals surface area (Å²) >= 11 is 0. The number of aromatic nitrogens is 2. The highest BCUT2D eigenvalue weighted by Gasteiger charge is 2.28. The highest BCUT2D eigenvalue weighted by atomic mass is 16.5. The molecule has 0 aromatic carbocycles. The minimum absolute atomic E-state index is 0.478. The Morgan fingerprint density at radius 1 is 1.47 bits per heavy atom. The molecular formula is C12H18N4O. The molecule has 0 unspecified atom stereocenters. The fourth-order valence-electron chi connectivity index (χ4n) is 1.54. The summed E-state index contributed by atoms with van der Waals surface area (Å²) in [6, 6.07) is 0. The van der Waals surface area contributed by atoms with Gasteiger partial charge in [0.1, 0.15) is 18.2 Å². The van der Waals surface area contributed by atoms with E-state index >= 15 is 0 Å². The van der Waals surface area contributed by atoms with E-state index in [1.807, 2.05) is 26.0 Å². The van der Waals surface area contributed by atoms with E-state index in [4.69, 9.17) is 10.6 Å². The monoisotopic (exact) mass is 234 g/mol. The summed E-state index contributed by atoms with van der Waals surface area (Å²) in [5.41, 5.74) is 3.45. The second kappa shape index (κ2) is 5.14. The first-order valence-corrected chi connectivity index (χ1v) is 5.85. The zero-order valence-corrected chi connectivity index (χ0v) is 10.2. The molecule has 1 heterocycles. The minimum Gasteiger partial charge on any atom is -0.473 e. The molecule has 3 N–H and O–H groups in total. The van der Waals surface area contributed by atoms with Crippen molar-refractivity contribution in [2.24, 2.45) is 5.84 Å². The number of rotatable bonds is 5. The van der Waals surface area contributed by atoms with Crippen molar-refractivity contribution in [2.45, 2.75) is 32.6 Å². The van der Waals surface area contributed by atoms with Gasteiger partial charge in [-0.25, -0.2) is 10.8 Å². The smallest absolute Gasteiger partial charge is 0.222 e. The normalized spacial score (nSPS) is 15.2. The van der Waals surface area contributed by atoms with Crippen molar-refractivity contribution in [3.8, 4) is 5.88 Å². The number of nitrogens with one attached hydrogen (secondary N) is 1. The largest absolute Gasteiger partial charge is 0.473 e. The van der Waals surface area contributed by atoms with Crippen molar-refractivity contribution < 1.29 is 4.74 Å². The maximum Gasteiger partial charge on any atom is 0.222 e. The van der Waals surface area contributed by atoms with Gasteiger partial charge in [0, 0.05) is 5.92 Å². The van der Waals surface area contributed by atoms with Crippen molar-refractivity contribution in [2.75, 3.05) is 12.0 Å². The van der Waals surface area contributed by atoms with Crippen molar-refractivity contribution in [3.63, 3.8) is 0 Å². The van der Waals surface area contributed by atoms with E-state index in [9.17, 15) is 0 Å². The van der Waals surface area contributed by atoms with E-state index in [1.165, 1.54) is 0 Å². The molecule has 92 valence electrons. The number of nitrogen functional groups attached to an aromatic ring is 1. The van der Waals surface area contributed by atoms with Gasteiger partial charge >= 0.3 is 0 Å². The quantitative estimate of drug-likeness (QED) is 0.462. The lowest BCUT2D eigenvalue weighted by Crippen LogP contribution is -2.13. The third kappa shape index (κ3) is 2.74. The standard InChI is InChI=1S/C12H18N4O/c1-3-4-7-17-12-8(2)10(16-13)14-11(15-12)9-5-6-9/h3-4,9H,5-7,13H2,1-2H3,(H,14,15,16)/b4-3+.